The summed E-state index contributed by atoms with van der Waals surface area (Å²) in [5.74, 6) is 0. The summed E-state index contributed by atoms with van der Waals surface area (Å²) in [6.07, 6.45) is -1.21. The van der Waals surface area contributed by atoms with Gasteiger partial charge in [-0.05, 0) is 0 Å². The zero-order valence-electron chi connectivity index (χ0n) is 9.54. The SMILES string of the molecule is O.O=P(O)(O)OC(CO)CO.[H-].[H-].[Na+].[Na+]. The summed E-state index contributed by atoms with van der Waals surface area (Å²) in [7, 11) is -4.57. The van der Waals surface area contributed by atoms with Crippen LogP contribution in [0.15, 0.2) is 0 Å². The first-order valence-corrected chi connectivity index (χ1v) is 3.98. The molecule has 0 saturated carbocycles. The Bertz CT molecular complexity index is 142. The number of phosphoric acid groups is 1. The molecule has 0 aliphatic carbocycles. The van der Waals surface area contributed by atoms with E-state index in [1.54, 1.807) is 0 Å². The van der Waals surface area contributed by atoms with Crippen LogP contribution in [0.5, 0.6) is 0 Å². The van der Waals surface area contributed by atoms with Gasteiger partial charge in [0.05, 0.1) is 13.2 Å². The molecular weight excluding hydrogens is 225 g/mol. The molecule has 7 nitrogen and oxygen atoms in total. The van der Waals surface area contributed by atoms with E-state index >= 15 is 0 Å². The van der Waals surface area contributed by atoms with Crippen LogP contribution in [0.1, 0.15) is 2.85 Å². The quantitative estimate of drug-likeness (QED) is 0.283. The van der Waals surface area contributed by atoms with E-state index in [-0.39, 0.29) is 67.4 Å². The molecule has 0 unspecified atom stereocenters. The van der Waals surface area contributed by atoms with Gasteiger partial charge in [0.2, 0.25) is 0 Å². The average molecular weight is 238 g/mol. The van der Waals surface area contributed by atoms with E-state index in [0.717, 1.165) is 0 Å². The van der Waals surface area contributed by atoms with Gasteiger partial charge >= 0.3 is 66.9 Å². The molecule has 0 radical (unpaired) electrons. The Labute approximate surface area is 123 Å². The normalized spacial score (nSPS) is 9.62. The largest absolute Gasteiger partial charge is 1.00 e. The Hall–Kier alpha value is 1.99. The van der Waals surface area contributed by atoms with Crippen molar-refractivity contribution < 1.29 is 96.5 Å². The van der Waals surface area contributed by atoms with Crippen LogP contribution in [0.25, 0.3) is 0 Å². The number of aliphatic hydroxyl groups is 2. The third-order valence-electron chi connectivity index (χ3n) is 0.694. The van der Waals surface area contributed by atoms with E-state index in [0.29, 0.717) is 0 Å². The van der Waals surface area contributed by atoms with Gasteiger partial charge < -0.3 is 28.3 Å². The molecule has 0 aliphatic rings. The Morgan fingerprint density at radius 1 is 1.23 bits per heavy atom. The van der Waals surface area contributed by atoms with Gasteiger partial charge in [0.15, 0.2) is 0 Å². The maximum atomic E-state index is 10.0. The molecular formula is C3H13Na2O7P. The molecule has 0 saturated heterocycles. The fraction of sp³-hybridized carbons (Fsp3) is 1.00. The molecule has 0 bridgehead atoms. The fourth-order valence-electron chi connectivity index (χ4n) is 0.319. The summed E-state index contributed by atoms with van der Waals surface area (Å²) in [4.78, 5) is 16.2. The van der Waals surface area contributed by atoms with E-state index in [4.69, 9.17) is 20.0 Å². The maximum absolute atomic E-state index is 10.0. The van der Waals surface area contributed by atoms with Crippen LogP contribution >= 0.6 is 7.82 Å². The van der Waals surface area contributed by atoms with Crippen molar-refractivity contribution in [3.05, 3.63) is 0 Å². The van der Waals surface area contributed by atoms with Crippen molar-refractivity contribution in [3.63, 3.8) is 0 Å². The van der Waals surface area contributed by atoms with Crippen molar-refractivity contribution in [1.29, 1.82) is 0 Å². The van der Waals surface area contributed by atoms with Gasteiger partial charge in [-0.2, -0.15) is 0 Å². The molecule has 0 spiro atoms. The Kier molecular flexibility index (Phi) is 22.5. The Morgan fingerprint density at radius 2 is 1.54 bits per heavy atom. The first kappa shape index (κ1) is 24.3. The zero-order valence-corrected chi connectivity index (χ0v) is 12.4. The Balaban J connectivity index is -0.0000000405. The number of hydrogen-bond donors (Lipinski definition) is 4. The van der Waals surface area contributed by atoms with Crippen LogP contribution in [0.4, 0.5) is 0 Å². The number of rotatable bonds is 4. The minimum absolute atomic E-state index is 0. The number of phosphoric ester groups is 1. The van der Waals surface area contributed by atoms with Crippen molar-refractivity contribution in [3.8, 4) is 0 Å². The van der Waals surface area contributed by atoms with Crippen LogP contribution in [0.2, 0.25) is 0 Å². The standard InChI is InChI=1S/C3H9O6P.2Na.H2O.2H/c4-1-3(2-5)9-10(6,7)8;;;;;/h3-5H,1-2H2,(H2,6,7,8);;;1H2;;/q;2*+1;;2*-1. The molecule has 74 valence electrons. The van der Waals surface area contributed by atoms with E-state index < -0.39 is 27.1 Å². The molecule has 6 N–H and O–H groups in total. The number of aliphatic hydroxyl groups excluding tert-OH is 2. The van der Waals surface area contributed by atoms with Crippen LogP contribution < -0.4 is 59.1 Å². The molecule has 0 aliphatic heterocycles. The minimum Gasteiger partial charge on any atom is -1.00 e. The smallest absolute Gasteiger partial charge is 1.00 e. The summed E-state index contributed by atoms with van der Waals surface area (Å²) in [6, 6.07) is 0. The van der Waals surface area contributed by atoms with Gasteiger partial charge in [0, 0.05) is 0 Å². The van der Waals surface area contributed by atoms with Crippen molar-refractivity contribution in [2.24, 2.45) is 0 Å². The van der Waals surface area contributed by atoms with Gasteiger partial charge in [0.25, 0.3) is 0 Å². The van der Waals surface area contributed by atoms with Crippen molar-refractivity contribution in [2.45, 2.75) is 6.10 Å². The summed E-state index contributed by atoms with van der Waals surface area (Å²) in [5, 5.41) is 16.5. The van der Waals surface area contributed by atoms with Crippen LogP contribution in [-0.4, -0.2) is 44.8 Å². The second kappa shape index (κ2) is 12.1. The zero-order chi connectivity index (χ0) is 8.20. The summed E-state index contributed by atoms with van der Waals surface area (Å²) >= 11 is 0. The van der Waals surface area contributed by atoms with Gasteiger partial charge in [-0.25, -0.2) is 4.57 Å². The third-order valence-corrected chi connectivity index (χ3v) is 1.27. The second-order valence-electron chi connectivity index (χ2n) is 1.58. The number of hydrogen-bond acceptors (Lipinski definition) is 4. The van der Waals surface area contributed by atoms with Gasteiger partial charge in [0.1, 0.15) is 6.10 Å². The van der Waals surface area contributed by atoms with E-state index in [2.05, 4.69) is 4.52 Å². The third kappa shape index (κ3) is 16.7. The maximum Gasteiger partial charge on any atom is 1.00 e. The molecule has 0 rings (SSSR count). The molecule has 0 aromatic carbocycles. The van der Waals surface area contributed by atoms with E-state index in [1.165, 1.54) is 0 Å². The second-order valence-corrected chi connectivity index (χ2v) is 2.78. The van der Waals surface area contributed by atoms with Crippen molar-refractivity contribution >= 4 is 7.82 Å². The Morgan fingerprint density at radius 3 is 1.62 bits per heavy atom. The molecule has 0 amide bonds. The van der Waals surface area contributed by atoms with Crippen LogP contribution in [-0.2, 0) is 9.09 Å². The minimum atomic E-state index is -4.57. The van der Waals surface area contributed by atoms with Crippen molar-refractivity contribution in [2.75, 3.05) is 13.2 Å². The fourth-order valence-corrected chi connectivity index (χ4v) is 0.840. The monoisotopic (exact) mass is 238 g/mol. The first-order valence-electron chi connectivity index (χ1n) is 2.45. The average Bonchev–Trinajstić information content (AvgIpc) is 1.81. The first-order chi connectivity index (χ1) is 4.49. The van der Waals surface area contributed by atoms with E-state index in [1.807, 2.05) is 0 Å². The van der Waals surface area contributed by atoms with Gasteiger partial charge in [-0.3, -0.25) is 4.52 Å². The molecule has 13 heavy (non-hydrogen) atoms. The summed E-state index contributed by atoms with van der Waals surface area (Å²) < 4.78 is 13.9. The molecule has 10 heteroatoms. The van der Waals surface area contributed by atoms with Crippen LogP contribution in [0, 0.1) is 0 Å². The van der Waals surface area contributed by atoms with Crippen LogP contribution in [0.3, 0.4) is 0 Å². The summed E-state index contributed by atoms with van der Waals surface area (Å²) in [5.41, 5.74) is 0. The predicted molar refractivity (Wildman–Crippen MR) is 36.9 cm³/mol. The molecule has 0 aromatic heterocycles. The molecule has 0 atom stereocenters. The summed E-state index contributed by atoms with van der Waals surface area (Å²) in [6.45, 7) is -1.25. The molecule has 0 fully saturated rings. The predicted octanol–water partition coefficient (Wildman–Crippen LogP) is -8.14. The van der Waals surface area contributed by atoms with Crippen molar-refractivity contribution in [1.82, 2.24) is 0 Å². The van der Waals surface area contributed by atoms with Gasteiger partial charge in [-0.1, -0.05) is 0 Å². The molecule has 0 heterocycles. The van der Waals surface area contributed by atoms with Gasteiger partial charge in [-0.15, -0.1) is 0 Å². The topological polar surface area (TPSA) is 139 Å². The van der Waals surface area contributed by atoms with E-state index in [9.17, 15) is 4.57 Å². The molecule has 0 aromatic rings.